The molecule has 3 aromatic rings. The maximum Gasteiger partial charge on any atom is 0.264 e. The average molecular weight is 515 g/mol. The Bertz CT molecular complexity index is 1330. The second kappa shape index (κ2) is 10.9. The lowest BCUT2D eigenvalue weighted by atomic mass is 10.2. The molecule has 1 aliphatic heterocycles. The van der Waals surface area contributed by atoms with Gasteiger partial charge in [-0.15, -0.1) is 0 Å². The van der Waals surface area contributed by atoms with Crippen LogP contribution in [0.1, 0.15) is 19.4 Å². The van der Waals surface area contributed by atoms with Gasteiger partial charge in [-0.05, 0) is 67.9 Å². The molecule has 4 rings (SSSR count). The van der Waals surface area contributed by atoms with Gasteiger partial charge in [0.2, 0.25) is 5.91 Å². The zero-order valence-corrected chi connectivity index (χ0v) is 20.8. The van der Waals surface area contributed by atoms with Crippen molar-refractivity contribution in [3.05, 3.63) is 78.1 Å². The van der Waals surface area contributed by atoms with Gasteiger partial charge >= 0.3 is 0 Å². The highest BCUT2D eigenvalue weighted by Crippen LogP contribution is 2.34. The van der Waals surface area contributed by atoms with E-state index < -0.39 is 28.3 Å². The Morgan fingerprint density at radius 2 is 1.75 bits per heavy atom. The van der Waals surface area contributed by atoms with E-state index in [1.807, 2.05) is 38.1 Å². The third-order valence-electron chi connectivity index (χ3n) is 5.26. The zero-order chi connectivity index (χ0) is 25.7. The Hall–Kier alpha value is -3.79. The number of halogens is 1. The van der Waals surface area contributed by atoms with E-state index in [0.29, 0.717) is 30.5 Å². The van der Waals surface area contributed by atoms with Gasteiger partial charge in [-0.25, -0.2) is 12.8 Å². The van der Waals surface area contributed by atoms with Gasteiger partial charge in [-0.3, -0.25) is 9.10 Å². The van der Waals surface area contributed by atoms with Crippen LogP contribution in [0.5, 0.6) is 17.2 Å². The van der Waals surface area contributed by atoms with Gasteiger partial charge in [0.05, 0.1) is 16.7 Å². The molecule has 0 bridgehead atoms. The van der Waals surface area contributed by atoms with Crippen molar-refractivity contribution in [2.75, 3.05) is 24.1 Å². The molecule has 0 fully saturated rings. The lowest BCUT2D eigenvalue weighted by Crippen LogP contribution is -2.40. The fourth-order valence-electron chi connectivity index (χ4n) is 3.62. The van der Waals surface area contributed by atoms with Crippen LogP contribution in [-0.4, -0.2) is 40.2 Å². The van der Waals surface area contributed by atoms with E-state index in [2.05, 4.69) is 5.32 Å². The summed E-state index contributed by atoms with van der Waals surface area (Å²) in [5.41, 5.74) is 0.943. The number of nitrogens with zero attached hydrogens (tertiary/aromatic N) is 1. The third kappa shape index (κ3) is 6.06. The van der Waals surface area contributed by atoms with Crippen molar-refractivity contribution in [1.29, 1.82) is 0 Å². The van der Waals surface area contributed by atoms with Gasteiger partial charge in [0.1, 0.15) is 31.3 Å². The number of carbonyl (C=O) groups is 1. The van der Waals surface area contributed by atoms with Gasteiger partial charge < -0.3 is 19.5 Å². The quantitative estimate of drug-likeness (QED) is 0.466. The van der Waals surface area contributed by atoms with Gasteiger partial charge in [0.15, 0.2) is 11.5 Å². The number of anilines is 1. The molecule has 1 aliphatic rings. The van der Waals surface area contributed by atoms with E-state index >= 15 is 0 Å². The Morgan fingerprint density at radius 3 is 2.47 bits per heavy atom. The maximum atomic E-state index is 13.6. The zero-order valence-electron chi connectivity index (χ0n) is 19.9. The molecule has 0 aromatic heterocycles. The minimum absolute atomic E-state index is 0.00451. The van der Waals surface area contributed by atoms with Crippen LogP contribution in [0, 0.1) is 5.82 Å². The van der Waals surface area contributed by atoms with Crippen LogP contribution in [0.25, 0.3) is 0 Å². The van der Waals surface area contributed by atoms with Crippen LogP contribution in [-0.2, 0) is 21.4 Å². The molecule has 8 nitrogen and oxygen atoms in total. The molecule has 190 valence electrons. The highest BCUT2D eigenvalue weighted by atomic mass is 32.2. The van der Waals surface area contributed by atoms with Crippen molar-refractivity contribution >= 4 is 21.6 Å². The SMILES string of the molecule is CC(C)Oc1cccc(CNC(=O)CN(c2ccc(F)cc2)S(=O)(=O)c2ccc3c(c2)OCCO3)c1. The van der Waals surface area contributed by atoms with E-state index in [1.165, 1.54) is 30.3 Å². The first kappa shape index (κ1) is 25.3. The lowest BCUT2D eigenvalue weighted by Gasteiger charge is -2.25. The minimum atomic E-state index is -4.20. The van der Waals surface area contributed by atoms with Gasteiger partial charge in [-0.1, -0.05) is 12.1 Å². The third-order valence-corrected chi connectivity index (χ3v) is 7.03. The van der Waals surface area contributed by atoms with Gasteiger partial charge in [-0.2, -0.15) is 0 Å². The minimum Gasteiger partial charge on any atom is -0.491 e. The summed E-state index contributed by atoms with van der Waals surface area (Å²) >= 11 is 0. The van der Waals surface area contributed by atoms with Crippen LogP contribution in [0.2, 0.25) is 0 Å². The van der Waals surface area contributed by atoms with Crippen molar-refractivity contribution in [2.24, 2.45) is 0 Å². The summed E-state index contributed by atoms with van der Waals surface area (Å²) in [5.74, 6) is 0.356. The van der Waals surface area contributed by atoms with Crippen LogP contribution < -0.4 is 23.8 Å². The molecule has 0 atom stereocenters. The number of benzene rings is 3. The van der Waals surface area contributed by atoms with Crippen molar-refractivity contribution < 1.29 is 31.8 Å². The monoisotopic (exact) mass is 514 g/mol. The van der Waals surface area contributed by atoms with E-state index in [1.54, 1.807) is 0 Å². The highest BCUT2D eigenvalue weighted by molar-refractivity contribution is 7.92. The molecule has 0 unspecified atom stereocenters. The van der Waals surface area contributed by atoms with Gasteiger partial charge in [0, 0.05) is 12.6 Å². The van der Waals surface area contributed by atoms with E-state index in [4.69, 9.17) is 14.2 Å². The molecular formula is C26H27FN2O6S. The topological polar surface area (TPSA) is 94.2 Å². The molecule has 36 heavy (non-hydrogen) atoms. The molecular weight excluding hydrogens is 487 g/mol. The van der Waals surface area contributed by atoms with E-state index in [-0.39, 0.29) is 23.2 Å². The predicted molar refractivity (Wildman–Crippen MR) is 132 cm³/mol. The number of rotatable bonds is 9. The number of hydrogen-bond donors (Lipinski definition) is 1. The summed E-state index contributed by atoms with van der Waals surface area (Å²) in [6, 6.07) is 16.4. The number of carbonyl (C=O) groups excluding carboxylic acids is 1. The van der Waals surface area contributed by atoms with Crippen LogP contribution >= 0.6 is 0 Å². The molecule has 0 saturated carbocycles. The average Bonchev–Trinajstić information content (AvgIpc) is 2.86. The molecule has 10 heteroatoms. The molecule has 1 amide bonds. The normalized spacial score (nSPS) is 12.8. The summed E-state index contributed by atoms with van der Waals surface area (Å²) in [5, 5.41) is 2.75. The summed E-state index contributed by atoms with van der Waals surface area (Å²) in [7, 11) is -4.20. The largest absolute Gasteiger partial charge is 0.491 e. The molecule has 0 radical (unpaired) electrons. The van der Waals surface area contributed by atoms with Crippen molar-refractivity contribution in [2.45, 2.75) is 31.4 Å². The Kier molecular flexibility index (Phi) is 7.64. The molecule has 0 aliphatic carbocycles. The fourth-order valence-corrected chi connectivity index (χ4v) is 5.06. The fraction of sp³-hybridized carbons (Fsp3) is 0.269. The lowest BCUT2D eigenvalue weighted by molar-refractivity contribution is -0.119. The second-order valence-electron chi connectivity index (χ2n) is 8.38. The number of ether oxygens (including phenoxy) is 3. The number of hydrogen-bond acceptors (Lipinski definition) is 6. The summed E-state index contributed by atoms with van der Waals surface area (Å²) in [4.78, 5) is 12.8. The number of fused-ring (bicyclic) bond motifs is 1. The standard InChI is InChI=1S/C26H27FN2O6S/c1-18(2)35-22-5-3-4-19(14-22)16-28-26(30)17-29(21-8-6-20(27)7-9-21)36(31,32)23-10-11-24-25(15-23)34-13-12-33-24/h3-11,14-15,18H,12-13,16-17H2,1-2H3,(H,28,30). The van der Waals surface area contributed by atoms with Crippen molar-refractivity contribution in [1.82, 2.24) is 5.32 Å². The van der Waals surface area contributed by atoms with Crippen LogP contribution in [0.4, 0.5) is 10.1 Å². The van der Waals surface area contributed by atoms with Crippen molar-refractivity contribution in [3.63, 3.8) is 0 Å². The van der Waals surface area contributed by atoms with E-state index in [0.717, 1.165) is 22.0 Å². The Morgan fingerprint density at radius 1 is 1.03 bits per heavy atom. The maximum absolute atomic E-state index is 13.6. The molecule has 1 N–H and O–H groups in total. The molecule has 1 heterocycles. The summed E-state index contributed by atoms with van der Waals surface area (Å²) in [6.45, 7) is 4.17. The molecule has 0 spiro atoms. The first-order valence-corrected chi connectivity index (χ1v) is 12.9. The molecule has 3 aromatic carbocycles. The van der Waals surface area contributed by atoms with E-state index in [9.17, 15) is 17.6 Å². The summed E-state index contributed by atoms with van der Waals surface area (Å²) in [6.07, 6.45) is 0.00451. The Balaban J connectivity index is 1.55. The number of sulfonamides is 1. The smallest absolute Gasteiger partial charge is 0.264 e. The van der Waals surface area contributed by atoms with Crippen molar-refractivity contribution in [3.8, 4) is 17.2 Å². The second-order valence-corrected chi connectivity index (χ2v) is 10.2. The van der Waals surface area contributed by atoms with Gasteiger partial charge in [0.25, 0.3) is 10.0 Å². The highest BCUT2D eigenvalue weighted by Gasteiger charge is 2.29. The Labute approximate surface area is 209 Å². The van der Waals surface area contributed by atoms with Crippen LogP contribution in [0.15, 0.2) is 71.6 Å². The number of amides is 1. The molecule has 0 saturated heterocycles. The number of nitrogens with one attached hydrogen (secondary N) is 1. The summed E-state index contributed by atoms with van der Waals surface area (Å²) < 4.78 is 58.4. The predicted octanol–water partition coefficient (Wildman–Crippen LogP) is 3.90. The van der Waals surface area contributed by atoms with Crippen LogP contribution in [0.3, 0.4) is 0 Å². The first-order valence-electron chi connectivity index (χ1n) is 11.4. The first-order chi connectivity index (χ1) is 17.2.